The van der Waals surface area contributed by atoms with Crippen LogP contribution in [0.25, 0.3) is 0 Å². The lowest BCUT2D eigenvalue weighted by Crippen LogP contribution is -2.19. The van der Waals surface area contributed by atoms with Crippen LogP contribution in [0, 0.1) is 0 Å². The Hall–Kier alpha value is -1.04. The molecule has 0 amide bonds. The molecular weight excluding hydrogens is 286 g/mol. The molecule has 0 heterocycles. The number of nitrogens with zero attached hydrogens (tertiary/aromatic N) is 1. The van der Waals surface area contributed by atoms with E-state index in [1.165, 1.54) is 0 Å². The molecule has 0 spiro atoms. The molecule has 4 nitrogen and oxygen atoms in total. The average Bonchev–Trinajstić information content (AvgIpc) is 2.45. The maximum absolute atomic E-state index is 11.6. The van der Waals surface area contributed by atoms with Gasteiger partial charge < -0.3 is 9.47 Å². The summed E-state index contributed by atoms with van der Waals surface area (Å²) in [6, 6.07) is 10.0. The van der Waals surface area contributed by atoms with Crippen LogP contribution in [0.15, 0.2) is 34.7 Å². The summed E-state index contributed by atoms with van der Waals surface area (Å²) in [6.07, 6.45) is 2.34. The summed E-state index contributed by atoms with van der Waals surface area (Å²) in [5.74, 6) is 0. The van der Waals surface area contributed by atoms with E-state index in [0.717, 1.165) is 5.56 Å². The van der Waals surface area contributed by atoms with Crippen molar-refractivity contribution >= 4 is 17.2 Å². The summed E-state index contributed by atoms with van der Waals surface area (Å²) >= 11 is 0. The summed E-state index contributed by atoms with van der Waals surface area (Å²) in [6.45, 7) is 8.02. The molecule has 0 aliphatic rings. The van der Waals surface area contributed by atoms with Gasteiger partial charge in [-0.2, -0.15) is 4.40 Å². The number of rotatable bonds is 9. The van der Waals surface area contributed by atoms with E-state index in [4.69, 9.17) is 9.47 Å². The topological polar surface area (TPSA) is 47.9 Å². The molecule has 1 aromatic rings. The second kappa shape index (κ2) is 9.82. The van der Waals surface area contributed by atoms with E-state index in [2.05, 4.69) is 4.40 Å². The van der Waals surface area contributed by atoms with Crippen LogP contribution in [0.5, 0.6) is 0 Å². The lowest BCUT2D eigenvalue weighted by Gasteiger charge is -2.12. The highest BCUT2D eigenvalue weighted by atomic mass is 32.2. The molecular formula is C16H25NO3S. The van der Waals surface area contributed by atoms with Gasteiger partial charge in [-0.1, -0.05) is 30.3 Å². The standard InChI is InChI=1S/C16H25NO3S/c1-16(2,3)21(18)17-10-7-11-19-12-13-20-14-15-8-5-4-6-9-15/h4-6,8-10H,7,11-14H2,1-3H3/b17-10+. The number of ether oxygens (including phenoxy) is 2. The minimum atomic E-state index is -1.18. The van der Waals surface area contributed by atoms with Crippen LogP contribution in [-0.4, -0.2) is 35.0 Å². The van der Waals surface area contributed by atoms with Gasteiger partial charge >= 0.3 is 0 Å². The van der Waals surface area contributed by atoms with Crippen molar-refractivity contribution in [3.8, 4) is 0 Å². The van der Waals surface area contributed by atoms with Crippen molar-refractivity contribution in [2.75, 3.05) is 19.8 Å². The zero-order valence-electron chi connectivity index (χ0n) is 13.1. The summed E-state index contributed by atoms with van der Waals surface area (Å²) in [5.41, 5.74) is 1.16. The van der Waals surface area contributed by atoms with Gasteiger partial charge in [-0.05, 0) is 26.3 Å². The molecule has 1 unspecified atom stereocenters. The highest BCUT2D eigenvalue weighted by molar-refractivity contribution is 7.85. The molecule has 1 atom stereocenters. The fourth-order valence-electron chi connectivity index (χ4n) is 1.40. The lowest BCUT2D eigenvalue weighted by molar-refractivity contribution is 0.0432. The van der Waals surface area contributed by atoms with Gasteiger partial charge in [0.05, 0.1) is 31.2 Å². The Morgan fingerprint density at radius 1 is 1.10 bits per heavy atom. The van der Waals surface area contributed by atoms with Crippen molar-refractivity contribution in [3.05, 3.63) is 35.9 Å². The summed E-state index contributed by atoms with van der Waals surface area (Å²) in [4.78, 5) is 0. The molecule has 0 N–H and O–H groups in total. The first-order valence-corrected chi connectivity index (χ1v) is 8.25. The van der Waals surface area contributed by atoms with Crippen molar-refractivity contribution in [2.24, 2.45) is 4.40 Å². The first-order valence-electron chi connectivity index (χ1n) is 7.14. The minimum absolute atomic E-state index is 0.303. The molecule has 118 valence electrons. The van der Waals surface area contributed by atoms with Crippen molar-refractivity contribution in [1.82, 2.24) is 0 Å². The highest BCUT2D eigenvalue weighted by Crippen LogP contribution is 2.11. The fourth-order valence-corrected chi connectivity index (χ4v) is 1.96. The van der Waals surface area contributed by atoms with E-state index >= 15 is 0 Å². The van der Waals surface area contributed by atoms with Crippen molar-refractivity contribution in [3.63, 3.8) is 0 Å². The Labute approximate surface area is 130 Å². The van der Waals surface area contributed by atoms with Crippen LogP contribution in [0.1, 0.15) is 32.8 Å². The molecule has 21 heavy (non-hydrogen) atoms. The van der Waals surface area contributed by atoms with Crippen molar-refractivity contribution in [1.29, 1.82) is 0 Å². The van der Waals surface area contributed by atoms with Gasteiger partial charge in [0, 0.05) is 12.6 Å². The third-order valence-electron chi connectivity index (χ3n) is 2.57. The Morgan fingerprint density at radius 3 is 2.43 bits per heavy atom. The maximum atomic E-state index is 11.6. The zero-order chi connectivity index (χ0) is 15.6. The third kappa shape index (κ3) is 8.75. The number of hydrogen-bond acceptors (Lipinski definition) is 3. The first-order chi connectivity index (χ1) is 10.00. The van der Waals surface area contributed by atoms with Crippen molar-refractivity contribution in [2.45, 2.75) is 38.5 Å². The Kier molecular flexibility index (Phi) is 8.42. The predicted molar refractivity (Wildman–Crippen MR) is 87.9 cm³/mol. The van der Waals surface area contributed by atoms with Crippen LogP contribution in [0.3, 0.4) is 0 Å². The van der Waals surface area contributed by atoms with Gasteiger partial charge in [0.2, 0.25) is 0 Å². The van der Waals surface area contributed by atoms with Crippen LogP contribution < -0.4 is 0 Å². The Balaban J connectivity index is 1.98. The molecule has 0 aliphatic carbocycles. The predicted octanol–water partition coefficient (Wildman–Crippen LogP) is 3.14. The van der Waals surface area contributed by atoms with Crippen LogP contribution in [0.4, 0.5) is 0 Å². The third-order valence-corrected chi connectivity index (χ3v) is 3.96. The quantitative estimate of drug-likeness (QED) is 0.520. The van der Waals surface area contributed by atoms with Crippen LogP contribution in [-0.2, 0) is 27.1 Å². The average molecular weight is 311 g/mol. The molecule has 0 bridgehead atoms. The zero-order valence-corrected chi connectivity index (χ0v) is 13.9. The summed E-state index contributed by atoms with van der Waals surface area (Å²) in [5, 5.41) is 0. The molecule has 0 radical (unpaired) electrons. The Bertz CT molecular complexity index is 441. The molecule has 0 aliphatic heterocycles. The fraction of sp³-hybridized carbons (Fsp3) is 0.562. The van der Waals surface area contributed by atoms with E-state index in [9.17, 15) is 4.21 Å². The van der Waals surface area contributed by atoms with E-state index in [1.807, 2.05) is 51.1 Å². The van der Waals surface area contributed by atoms with Gasteiger partial charge in [-0.15, -0.1) is 0 Å². The lowest BCUT2D eigenvalue weighted by atomic mass is 10.2. The van der Waals surface area contributed by atoms with Gasteiger partial charge in [-0.3, -0.25) is 0 Å². The highest BCUT2D eigenvalue weighted by Gasteiger charge is 2.17. The van der Waals surface area contributed by atoms with E-state index in [-0.39, 0.29) is 4.75 Å². The van der Waals surface area contributed by atoms with Gasteiger partial charge in [0.1, 0.15) is 11.0 Å². The van der Waals surface area contributed by atoms with Crippen LogP contribution >= 0.6 is 0 Å². The van der Waals surface area contributed by atoms with E-state index < -0.39 is 11.0 Å². The number of benzene rings is 1. The van der Waals surface area contributed by atoms with Crippen LogP contribution in [0.2, 0.25) is 0 Å². The molecule has 5 heteroatoms. The Morgan fingerprint density at radius 2 is 1.76 bits per heavy atom. The summed E-state index contributed by atoms with van der Waals surface area (Å²) in [7, 11) is -1.18. The smallest absolute Gasteiger partial charge is 0.144 e. The molecule has 1 aromatic carbocycles. The first kappa shape index (κ1) is 18.0. The van der Waals surface area contributed by atoms with Gasteiger partial charge in [0.25, 0.3) is 0 Å². The molecule has 1 rings (SSSR count). The molecule has 0 saturated heterocycles. The largest absolute Gasteiger partial charge is 0.379 e. The van der Waals surface area contributed by atoms with E-state index in [0.29, 0.717) is 32.8 Å². The molecule has 0 fully saturated rings. The maximum Gasteiger partial charge on any atom is 0.144 e. The SMILES string of the molecule is CC(C)(C)S(=O)/N=C/CCOCCOCc1ccccc1. The normalized spacial score (nSPS) is 13.7. The monoisotopic (exact) mass is 311 g/mol. The second-order valence-corrected chi connectivity index (χ2v) is 7.52. The molecule has 0 saturated carbocycles. The minimum Gasteiger partial charge on any atom is -0.379 e. The molecule has 0 aromatic heterocycles. The second-order valence-electron chi connectivity index (χ2n) is 5.59. The van der Waals surface area contributed by atoms with Gasteiger partial charge in [0.15, 0.2) is 0 Å². The summed E-state index contributed by atoms with van der Waals surface area (Å²) < 4.78 is 26.3. The van der Waals surface area contributed by atoms with E-state index in [1.54, 1.807) is 6.21 Å². The van der Waals surface area contributed by atoms with Gasteiger partial charge in [-0.25, -0.2) is 4.21 Å². The number of hydrogen-bond donors (Lipinski definition) is 0. The van der Waals surface area contributed by atoms with Crippen molar-refractivity contribution < 1.29 is 13.7 Å².